The molecule has 0 bridgehead atoms. The highest BCUT2D eigenvalue weighted by molar-refractivity contribution is 6.31. The number of carbonyl (C=O) groups is 1. The third-order valence-corrected chi connectivity index (χ3v) is 4.28. The van der Waals surface area contributed by atoms with Gasteiger partial charge in [0.25, 0.3) is 5.91 Å². The number of amides is 1. The second-order valence-corrected chi connectivity index (χ2v) is 6.21. The number of aromatic nitrogens is 1. The Morgan fingerprint density at radius 2 is 2.09 bits per heavy atom. The van der Waals surface area contributed by atoms with Gasteiger partial charge in [-0.3, -0.25) is 9.78 Å². The van der Waals surface area contributed by atoms with Gasteiger partial charge < -0.3 is 9.64 Å². The Bertz CT molecular complexity index is 688. The Balaban J connectivity index is 1.67. The fourth-order valence-corrected chi connectivity index (χ4v) is 2.90. The molecule has 1 aromatic carbocycles. The topological polar surface area (TPSA) is 42.4 Å². The van der Waals surface area contributed by atoms with Crippen molar-refractivity contribution in [2.24, 2.45) is 0 Å². The molecule has 1 fully saturated rings. The van der Waals surface area contributed by atoms with E-state index in [0.29, 0.717) is 17.3 Å². The highest BCUT2D eigenvalue weighted by atomic mass is 35.5. The summed E-state index contributed by atoms with van der Waals surface area (Å²) in [5, 5.41) is 0.495. The lowest BCUT2D eigenvalue weighted by Gasteiger charge is -2.33. The number of hydrogen-bond acceptors (Lipinski definition) is 3. The zero-order valence-corrected chi connectivity index (χ0v) is 13.8. The van der Waals surface area contributed by atoms with Gasteiger partial charge >= 0.3 is 0 Å². The zero-order chi connectivity index (χ0) is 16.2. The van der Waals surface area contributed by atoms with Crippen LogP contribution in [0.5, 0.6) is 5.75 Å². The summed E-state index contributed by atoms with van der Waals surface area (Å²) in [7, 11) is 0. The SMILES string of the molecule is Cc1ccc(C(=O)N2CCCC(Oc3ccncc3Cl)C2)cc1. The highest BCUT2D eigenvalue weighted by Crippen LogP contribution is 2.26. The number of aryl methyl sites for hydroxylation is 1. The van der Waals surface area contributed by atoms with Crippen LogP contribution in [0.25, 0.3) is 0 Å². The Morgan fingerprint density at radius 1 is 1.30 bits per heavy atom. The van der Waals surface area contributed by atoms with Crippen LogP contribution in [-0.2, 0) is 0 Å². The number of likely N-dealkylation sites (tertiary alicyclic amines) is 1. The molecular formula is C18H19ClN2O2. The lowest BCUT2D eigenvalue weighted by molar-refractivity contribution is 0.0538. The molecule has 1 amide bonds. The predicted molar refractivity (Wildman–Crippen MR) is 90.0 cm³/mol. The van der Waals surface area contributed by atoms with Crippen LogP contribution in [0, 0.1) is 6.92 Å². The minimum atomic E-state index is -0.0435. The molecule has 1 aliphatic rings. The van der Waals surface area contributed by atoms with E-state index in [1.807, 2.05) is 36.1 Å². The smallest absolute Gasteiger partial charge is 0.253 e. The van der Waals surface area contributed by atoms with E-state index in [-0.39, 0.29) is 12.0 Å². The van der Waals surface area contributed by atoms with Crippen LogP contribution in [0.1, 0.15) is 28.8 Å². The maximum Gasteiger partial charge on any atom is 0.253 e. The third-order valence-electron chi connectivity index (χ3n) is 3.99. The highest BCUT2D eigenvalue weighted by Gasteiger charge is 2.26. The van der Waals surface area contributed by atoms with Crippen molar-refractivity contribution in [2.75, 3.05) is 13.1 Å². The van der Waals surface area contributed by atoms with E-state index in [1.54, 1.807) is 18.5 Å². The van der Waals surface area contributed by atoms with Gasteiger partial charge in [-0.25, -0.2) is 0 Å². The number of halogens is 1. The van der Waals surface area contributed by atoms with Crippen molar-refractivity contribution < 1.29 is 9.53 Å². The fourth-order valence-electron chi connectivity index (χ4n) is 2.74. The summed E-state index contributed by atoms with van der Waals surface area (Å²) < 4.78 is 5.96. The van der Waals surface area contributed by atoms with Gasteiger partial charge in [0.05, 0.1) is 6.54 Å². The quantitative estimate of drug-likeness (QED) is 0.861. The molecule has 1 saturated heterocycles. The van der Waals surface area contributed by atoms with E-state index in [2.05, 4.69) is 4.98 Å². The molecule has 23 heavy (non-hydrogen) atoms. The van der Waals surface area contributed by atoms with Crippen LogP contribution in [0.4, 0.5) is 0 Å². The molecule has 120 valence electrons. The van der Waals surface area contributed by atoms with Crippen molar-refractivity contribution in [3.8, 4) is 5.75 Å². The van der Waals surface area contributed by atoms with Gasteiger partial charge in [0.2, 0.25) is 0 Å². The summed E-state index contributed by atoms with van der Waals surface area (Å²) in [6, 6.07) is 9.43. The van der Waals surface area contributed by atoms with Crippen molar-refractivity contribution in [3.05, 3.63) is 58.9 Å². The molecule has 0 spiro atoms. The third kappa shape index (κ3) is 3.82. The van der Waals surface area contributed by atoms with E-state index in [4.69, 9.17) is 16.3 Å². The summed E-state index contributed by atoms with van der Waals surface area (Å²) in [6.07, 6.45) is 5.01. The molecule has 3 rings (SSSR count). The predicted octanol–water partition coefficient (Wildman–Crippen LogP) is 3.73. The van der Waals surface area contributed by atoms with Gasteiger partial charge in [-0.15, -0.1) is 0 Å². The molecule has 4 nitrogen and oxygen atoms in total. The number of benzene rings is 1. The minimum absolute atomic E-state index is 0.0435. The van der Waals surface area contributed by atoms with Gasteiger partial charge in [0, 0.05) is 30.6 Å². The van der Waals surface area contributed by atoms with E-state index in [9.17, 15) is 4.79 Å². The summed E-state index contributed by atoms with van der Waals surface area (Å²) >= 11 is 6.09. The Kier molecular flexibility index (Phi) is 4.82. The Morgan fingerprint density at radius 3 is 2.83 bits per heavy atom. The molecule has 2 heterocycles. The average molecular weight is 331 g/mol. The molecule has 1 unspecified atom stereocenters. The van der Waals surface area contributed by atoms with E-state index in [1.165, 1.54) is 0 Å². The number of pyridine rings is 1. The molecule has 0 saturated carbocycles. The molecule has 2 aromatic rings. The minimum Gasteiger partial charge on any atom is -0.487 e. The van der Waals surface area contributed by atoms with Gasteiger partial charge in [-0.1, -0.05) is 29.3 Å². The number of rotatable bonds is 3. The molecule has 1 aromatic heterocycles. The lowest BCUT2D eigenvalue weighted by atomic mass is 10.1. The van der Waals surface area contributed by atoms with Crippen molar-refractivity contribution in [2.45, 2.75) is 25.9 Å². The van der Waals surface area contributed by atoms with E-state index in [0.717, 1.165) is 30.5 Å². The maximum absolute atomic E-state index is 12.6. The van der Waals surface area contributed by atoms with Crippen LogP contribution in [0.2, 0.25) is 5.02 Å². The first kappa shape index (κ1) is 15.8. The molecule has 1 atom stereocenters. The molecular weight excluding hydrogens is 312 g/mol. The first-order valence-corrected chi connectivity index (χ1v) is 8.13. The molecule has 0 radical (unpaired) electrons. The summed E-state index contributed by atoms with van der Waals surface area (Å²) in [5.74, 6) is 0.676. The second kappa shape index (κ2) is 7.01. The van der Waals surface area contributed by atoms with Crippen molar-refractivity contribution in [1.82, 2.24) is 9.88 Å². The molecule has 0 N–H and O–H groups in total. The van der Waals surface area contributed by atoms with Crippen LogP contribution >= 0.6 is 11.6 Å². The van der Waals surface area contributed by atoms with Crippen LogP contribution < -0.4 is 4.74 Å². The van der Waals surface area contributed by atoms with Crippen molar-refractivity contribution >= 4 is 17.5 Å². The Labute approximate surface area is 141 Å². The lowest BCUT2D eigenvalue weighted by Crippen LogP contribution is -2.44. The second-order valence-electron chi connectivity index (χ2n) is 5.81. The summed E-state index contributed by atoms with van der Waals surface area (Å²) in [4.78, 5) is 18.4. The molecule has 5 heteroatoms. The summed E-state index contributed by atoms with van der Waals surface area (Å²) in [5.41, 5.74) is 1.87. The van der Waals surface area contributed by atoms with E-state index < -0.39 is 0 Å². The van der Waals surface area contributed by atoms with Crippen molar-refractivity contribution in [3.63, 3.8) is 0 Å². The number of carbonyl (C=O) groups excluding carboxylic acids is 1. The fraction of sp³-hybridized carbons (Fsp3) is 0.333. The average Bonchev–Trinajstić information content (AvgIpc) is 2.57. The number of nitrogens with zero attached hydrogens (tertiary/aromatic N) is 2. The largest absolute Gasteiger partial charge is 0.487 e. The van der Waals surface area contributed by atoms with Crippen LogP contribution in [0.3, 0.4) is 0 Å². The van der Waals surface area contributed by atoms with Gasteiger partial charge in [-0.2, -0.15) is 0 Å². The monoisotopic (exact) mass is 330 g/mol. The van der Waals surface area contributed by atoms with Gasteiger partial charge in [0.1, 0.15) is 16.9 Å². The zero-order valence-electron chi connectivity index (χ0n) is 13.0. The molecule has 0 aliphatic carbocycles. The maximum atomic E-state index is 12.6. The summed E-state index contributed by atoms with van der Waals surface area (Å²) in [6.45, 7) is 3.35. The van der Waals surface area contributed by atoms with Gasteiger partial charge in [0.15, 0.2) is 0 Å². The molecule has 1 aliphatic heterocycles. The Hall–Kier alpha value is -2.07. The standard InChI is InChI=1S/C18H19ClN2O2/c1-13-4-6-14(7-5-13)18(22)21-10-2-3-15(12-21)23-17-8-9-20-11-16(17)19/h4-9,11,15H,2-3,10,12H2,1H3. The van der Waals surface area contributed by atoms with Gasteiger partial charge in [-0.05, 0) is 31.9 Å². The number of hydrogen-bond donors (Lipinski definition) is 0. The normalized spacial score (nSPS) is 17.8. The van der Waals surface area contributed by atoms with Crippen LogP contribution in [-0.4, -0.2) is 35.0 Å². The first-order valence-electron chi connectivity index (χ1n) is 7.75. The van der Waals surface area contributed by atoms with Crippen LogP contribution in [0.15, 0.2) is 42.7 Å². The van der Waals surface area contributed by atoms with Crippen molar-refractivity contribution in [1.29, 1.82) is 0 Å². The number of ether oxygens (including phenoxy) is 1. The van der Waals surface area contributed by atoms with E-state index >= 15 is 0 Å². The first-order chi connectivity index (χ1) is 11.1. The number of piperidine rings is 1.